The minimum Gasteiger partial charge on any atom is -0.487 e. The van der Waals surface area contributed by atoms with Crippen LogP contribution in [0.15, 0.2) is 12.1 Å². The zero-order valence-corrected chi connectivity index (χ0v) is 11.0. The first-order valence-electron chi connectivity index (χ1n) is 6.51. The Kier molecular flexibility index (Phi) is 5.10. The van der Waals surface area contributed by atoms with Gasteiger partial charge < -0.3 is 14.8 Å². The summed E-state index contributed by atoms with van der Waals surface area (Å²) in [6.45, 7) is 2.01. The fourth-order valence-corrected chi connectivity index (χ4v) is 1.74. The molecule has 0 radical (unpaired) electrons. The number of ether oxygens (including phenoxy) is 2. The molecule has 3 nitrogen and oxygen atoms in total. The van der Waals surface area contributed by atoms with Crippen LogP contribution in [0, 0.1) is 17.6 Å². The van der Waals surface area contributed by atoms with Gasteiger partial charge >= 0.3 is 0 Å². The third kappa shape index (κ3) is 4.44. The second kappa shape index (κ2) is 6.82. The molecule has 5 heteroatoms. The zero-order valence-electron chi connectivity index (χ0n) is 11.0. The second-order valence-electron chi connectivity index (χ2n) is 4.81. The van der Waals surface area contributed by atoms with Crippen LogP contribution in [0.4, 0.5) is 8.78 Å². The Morgan fingerprint density at radius 2 is 1.95 bits per heavy atom. The lowest BCUT2D eigenvalue weighted by Gasteiger charge is -2.10. The number of hydrogen-bond acceptors (Lipinski definition) is 3. The Hall–Kier alpha value is -1.20. The molecule has 0 heterocycles. The molecule has 106 valence electrons. The number of hydrogen-bond donors (Lipinski definition) is 1. The van der Waals surface area contributed by atoms with Gasteiger partial charge in [0.2, 0.25) is 0 Å². The SMILES string of the molecule is COCCNCc1cc(F)c(OCC2CC2)c(F)c1. The highest BCUT2D eigenvalue weighted by Gasteiger charge is 2.23. The van der Waals surface area contributed by atoms with Crippen molar-refractivity contribution in [2.75, 3.05) is 26.9 Å². The van der Waals surface area contributed by atoms with Crippen LogP contribution in [0.5, 0.6) is 5.75 Å². The van der Waals surface area contributed by atoms with Crippen molar-refractivity contribution in [3.05, 3.63) is 29.3 Å². The van der Waals surface area contributed by atoms with E-state index in [0.29, 0.717) is 37.8 Å². The molecule has 0 aliphatic heterocycles. The Morgan fingerprint density at radius 3 is 2.53 bits per heavy atom. The van der Waals surface area contributed by atoms with Crippen LogP contribution in [-0.2, 0) is 11.3 Å². The minimum absolute atomic E-state index is 0.257. The number of halogens is 2. The van der Waals surface area contributed by atoms with Crippen molar-refractivity contribution in [1.29, 1.82) is 0 Å². The summed E-state index contributed by atoms with van der Waals surface area (Å²) in [6, 6.07) is 2.62. The minimum atomic E-state index is -0.635. The fraction of sp³-hybridized carbons (Fsp3) is 0.571. The highest BCUT2D eigenvalue weighted by Crippen LogP contribution is 2.31. The first-order chi connectivity index (χ1) is 9.20. The van der Waals surface area contributed by atoms with Crippen LogP contribution in [0.2, 0.25) is 0 Å². The van der Waals surface area contributed by atoms with Crippen molar-refractivity contribution in [2.24, 2.45) is 5.92 Å². The van der Waals surface area contributed by atoms with E-state index in [2.05, 4.69) is 5.32 Å². The number of methoxy groups -OCH3 is 1. The van der Waals surface area contributed by atoms with Crippen LogP contribution < -0.4 is 10.1 Å². The van der Waals surface area contributed by atoms with Crippen LogP contribution in [0.25, 0.3) is 0 Å². The molecular weight excluding hydrogens is 252 g/mol. The second-order valence-corrected chi connectivity index (χ2v) is 4.81. The van der Waals surface area contributed by atoms with Crippen molar-refractivity contribution in [2.45, 2.75) is 19.4 Å². The molecule has 0 aromatic heterocycles. The maximum atomic E-state index is 13.7. The Labute approximate surface area is 111 Å². The summed E-state index contributed by atoms with van der Waals surface area (Å²) in [5, 5.41) is 3.04. The number of rotatable bonds is 8. The maximum absolute atomic E-state index is 13.7. The Balaban J connectivity index is 1.90. The monoisotopic (exact) mass is 271 g/mol. The van der Waals surface area contributed by atoms with Crippen LogP contribution in [-0.4, -0.2) is 26.9 Å². The topological polar surface area (TPSA) is 30.5 Å². The van der Waals surface area contributed by atoms with Gasteiger partial charge in [-0.05, 0) is 36.5 Å². The summed E-state index contributed by atoms with van der Waals surface area (Å²) in [4.78, 5) is 0. The van der Waals surface area contributed by atoms with Gasteiger partial charge in [-0.1, -0.05) is 0 Å². The molecule has 1 aliphatic carbocycles. The van der Waals surface area contributed by atoms with E-state index in [1.54, 1.807) is 7.11 Å². The summed E-state index contributed by atoms with van der Waals surface area (Å²) in [5.41, 5.74) is 0.560. The van der Waals surface area contributed by atoms with Crippen LogP contribution in [0.3, 0.4) is 0 Å². The predicted octanol–water partition coefficient (Wildman–Crippen LogP) is 2.49. The first kappa shape index (κ1) is 14.2. The van der Waals surface area contributed by atoms with Crippen molar-refractivity contribution in [3.63, 3.8) is 0 Å². The summed E-state index contributed by atoms with van der Waals surface area (Å²) in [7, 11) is 1.60. The van der Waals surface area contributed by atoms with Crippen LogP contribution >= 0.6 is 0 Å². The van der Waals surface area contributed by atoms with Gasteiger partial charge in [-0.15, -0.1) is 0 Å². The lowest BCUT2D eigenvalue weighted by Crippen LogP contribution is -2.18. The van der Waals surface area contributed by atoms with E-state index in [9.17, 15) is 8.78 Å². The van der Waals surface area contributed by atoms with Crippen molar-refractivity contribution >= 4 is 0 Å². The maximum Gasteiger partial charge on any atom is 0.190 e. The van der Waals surface area contributed by atoms with E-state index in [1.807, 2.05) is 0 Å². The molecule has 0 spiro atoms. The van der Waals surface area contributed by atoms with E-state index in [1.165, 1.54) is 12.1 Å². The van der Waals surface area contributed by atoms with Crippen molar-refractivity contribution in [3.8, 4) is 5.75 Å². The lowest BCUT2D eigenvalue weighted by atomic mass is 10.2. The number of benzene rings is 1. The molecule has 0 unspecified atom stereocenters. The van der Waals surface area contributed by atoms with Gasteiger partial charge in [0.25, 0.3) is 0 Å². The van der Waals surface area contributed by atoms with Crippen molar-refractivity contribution in [1.82, 2.24) is 5.32 Å². The molecule has 1 aliphatic rings. The van der Waals surface area contributed by atoms with Gasteiger partial charge in [-0.3, -0.25) is 0 Å². The van der Waals surface area contributed by atoms with E-state index in [0.717, 1.165) is 12.8 Å². The van der Waals surface area contributed by atoms with Gasteiger partial charge in [0.05, 0.1) is 13.2 Å². The lowest BCUT2D eigenvalue weighted by molar-refractivity contribution is 0.199. The van der Waals surface area contributed by atoms with Gasteiger partial charge in [0, 0.05) is 20.2 Å². The summed E-state index contributed by atoms with van der Waals surface area (Å²) < 4.78 is 37.6. The standard InChI is InChI=1S/C14H19F2NO2/c1-18-5-4-17-8-11-6-12(15)14(13(16)7-11)19-9-10-2-3-10/h6-7,10,17H,2-5,8-9H2,1H3. The zero-order chi connectivity index (χ0) is 13.7. The first-order valence-corrected chi connectivity index (χ1v) is 6.51. The average Bonchev–Trinajstić information content (AvgIpc) is 3.18. The highest BCUT2D eigenvalue weighted by molar-refractivity contribution is 5.31. The molecule has 19 heavy (non-hydrogen) atoms. The summed E-state index contributed by atoms with van der Waals surface area (Å²) in [5.74, 6) is -1.06. The highest BCUT2D eigenvalue weighted by atomic mass is 19.1. The molecule has 1 N–H and O–H groups in total. The van der Waals surface area contributed by atoms with Crippen LogP contribution in [0.1, 0.15) is 18.4 Å². The molecule has 1 saturated carbocycles. The smallest absolute Gasteiger partial charge is 0.190 e. The molecule has 0 amide bonds. The molecule has 1 aromatic rings. The van der Waals surface area contributed by atoms with E-state index in [4.69, 9.17) is 9.47 Å². The third-order valence-electron chi connectivity index (χ3n) is 3.03. The average molecular weight is 271 g/mol. The third-order valence-corrected chi connectivity index (χ3v) is 3.03. The van der Waals surface area contributed by atoms with Gasteiger partial charge in [-0.25, -0.2) is 8.78 Å². The molecule has 0 atom stereocenters. The fourth-order valence-electron chi connectivity index (χ4n) is 1.74. The van der Waals surface area contributed by atoms with Gasteiger partial charge in [-0.2, -0.15) is 0 Å². The molecular formula is C14H19F2NO2. The largest absolute Gasteiger partial charge is 0.487 e. The normalized spacial score (nSPS) is 14.7. The number of nitrogens with one attached hydrogen (secondary N) is 1. The van der Waals surface area contributed by atoms with E-state index < -0.39 is 11.6 Å². The summed E-state index contributed by atoms with van der Waals surface area (Å²) in [6.07, 6.45) is 2.18. The van der Waals surface area contributed by atoms with Gasteiger partial charge in [0.15, 0.2) is 17.4 Å². The molecule has 1 aromatic carbocycles. The summed E-state index contributed by atoms with van der Waals surface area (Å²) >= 11 is 0. The van der Waals surface area contributed by atoms with Crippen molar-refractivity contribution < 1.29 is 18.3 Å². The Morgan fingerprint density at radius 1 is 1.26 bits per heavy atom. The molecule has 1 fully saturated rings. The quantitative estimate of drug-likeness (QED) is 0.737. The Bertz CT molecular complexity index is 399. The van der Waals surface area contributed by atoms with E-state index >= 15 is 0 Å². The van der Waals surface area contributed by atoms with E-state index in [-0.39, 0.29) is 5.75 Å². The predicted molar refractivity (Wildman–Crippen MR) is 68.2 cm³/mol. The molecule has 0 saturated heterocycles. The molecule has 2 rings (SSSR count). The molecule has 0 bridgehead atoms. The van der Waals surface area contributed by atoms with Gasteiger partial charge in [0.1, 0.15) is 0 Å².